The summed E-state index contributed by atoms with van der Waals surface area (Å²) < 4.78 is 5.13. The number of nitrogens with zero attached hydrogens (tertiary/aromatic N) is 1. The zero-order valence-corrected chi connectivity index (χ0v) is 14.1. The van der Waals surface area contributed by atoms with E-state index in [-0.39, 0.29) is 17.7 Å². The molecule has 0 atom stereocenters. The van der Waals surface area contributed by atoms with Crippen LogP contribution in [-0.4, -0.2) is 16.3 Å². The fourth-order valence-electron chi connectivity index (χ4n) is 2.12. The largest absolute Gasteiger partial charge is 0.338 e. The van der Waals surface area contributed by atoms with Crippen molar-refractivity contribution in [1.82, 2.24) is 5.16 Å². The van der Waals surface area contributed by atoms with Crippen LogP contribution in [0, 0.1) is 5.41 Å². The number of rotatable bonds is 5. The van der Waals surface area contributed by atoms with Crippen LogP contribution in [-0.2, 0) is 17.6 Å². The van der Waals surface area contributed by atoms with E-state index in [1.54, 1.807) is 30.3 Å². The Hall–Kier alpha value is -2.14. The van der Waals surface area contributed by atoms with Crippen molar-refractivity contribution in [3.8, 4) is 0 Å². The lowest BCUT2D eigenvalue weighted by Gasteiger charge is -2.14. The summed E-state index contributed by atoms with van der Waals surface area (Å²) in [7, 11) is 0. The number of hydrogen-bond donors (Lipinski definition) is 1. The molecule has 1 heterocycles. The second-order valence-corrected chi connectivity index (χ2v) is 6.96. The van der Waals surface area contributed by atoms with Crippen molar-refractivity contribution in [3.05, 3.63) is 47.2 Å². The van der Waals surface area contributed by atoms with Crippen LogP contribution >= 0.6 is 11.6 Å². The number of nitrogens with one attached hydrogen (secondary N) is 1. The van der Waals surface area contributed by atoms with Gasteiger partial charge in [-0.1, -0.05) is 38.1 Å². The molecule has 1 N–H and O–H groups in total. The maximum atomic E-state index is 12.0. The first-order chi connectivity index (χ1) is 10.7. The molecule has 0 saturated carbocycles. The van der Waals surface area contributed by atoms with Gasteiger partial charge in [0.05, 0.1) is 12.1 Å². The monoisotopic (exact) mass is 334 g/mol. The van der Waals surface area contributed by atoms with Crippen molar-refractivity contribution in [2.24, 2.45) is 5.41 Å². The molecular weight excluding hydrogens is 316 g/mol. The topological polar surface area (TPSA) is 72.2 Å². The van der Waals surface area contributed by atoms with Gasteiger partial charge in [0.2, 0.25) is 11.8 Å². The first kappa shape index (κ1) is 17.2. The van der Waals surface area contributed by atoms with Crippen molar-refractivity contribution >= 4 is 28.6 Å². The maximum absolute atomic E-state index is 12.0. The smallest absolute Gasteiger partial charge is 0.252 e. The highest BCUT2D eigenvalue weighted by atomic mass is 35.5. The minimum Gasteiger partial charge on any atom is -0.338 e. The summed E-state index contributed by atoms with van der Waals surface area (Å²) in [6.45, 7) is 6.32. The van der Waals surface area contributed by atoms with Crippen LogP contribution in [0.15, 0.2) is 34.9 Å². The van der Waals surface area contributed by atoms with E-state index in [0.717, 1.165) is 17.7 Å². The van der Waals surface area contributed by atoms with Crippen LogP contribution in [0.25, 0.3) is 0 Å². The molecule has 0 saturated heterocycles. The number of amides is 1. The molecule has 0 aliphatic carbocycles. The van der Waals surface area contributed by atoms with Gasteiger partial charge < -0.3 is 4.52 Å². The number of anilines is 1. The van der Waals surface area contributed by atoms with Gasteiger partial charge in [0.1, 0.15) is 0 Å². The number of hydrogen-bond acceptors (Lipinski definition) is 4. The Morgan fingerprint density at radius 2 is 1.87 bits per heavy atom. The summed E-state index contributed by atoms with van der Waals surface area (Å²) in [5.41, 5.74) is 2.08. The lowest BCUT2D eigenvalue weighted by Crippen LogP contribution is -2.14. The lowest BCUT2D eigenvalue weighted by molar-refractivity contribution is -0.115. The predicted molar refractivity (Wildman–Crippen MR) is 88.6 cm³/mol. The van der Waals surface area contributed by atoms with Gasteiger partial charge in [-0.3, -0.25) is 14.9 Å². The molecule has 0 fully saturated rings. The minimum absolute atomic E-state index is 0.0970. The SMILES string of the molecule is CC(C)(C)Cc1cc(NC(=O)Cc2ccc(C(=O)Cl)cc2)on1. The molecule has 1 aromatic heterocycles. The van der Waals surface area contributed by atoms with Crippen LogP contribution in [0.1, 0.15) is 42.4 Å². The fraction of sp³-hybridized carbons (Fsp3) is 0.353. The van der Waals surface area contributed by atoms with E-state index >= 15 is 0 Å². The molecule has 5 nitrogen and oxygen atoms in total. The van der Waals surface area contributed by atoms with Crippen LogP contribution < -0.4 is 5.32 Å². The molecule has 2 rings (SSSR count). The second kappa shape index (κ2) is 6.96. The molecule has 6 heteroatoms. The van der Waals surface area contributed by atoms with Gasteiger partial charge in [0.25, 0.3) is 5.24 Å². The predicted octanol–water partition coefficient (Wildman–Crippen LogP) is 3.82. The normalized spacial score (nSPS) is 11.3. The third-order valence-corrected chi connectivity index (χ3v) is 3.30. The van der Waals surface area contributed by atoms with Gasteiger partial charge in [-0.05, 0) is 41.1 Å². The van der Waals surface area contributed by atoms with Gasteiger partial charge in [0.15, 0.2) is 0 Å². The number of aromatic nitrogens is 1. The van der Waals surface area contributed by atoms with Crippen molar-refractivity contribution < 1.29 is 14.1 Å². The highest BCUT2D eigenvalue weighted by molar-refractivity contribution is 6.67. The van der Waals surface area contributed by atoms with E-state index in [4.69, 9.17) is 16.1 Å². The summed E-state index contributed by atoms with van der Waals surface area (Å²) in [4.78, 5) is 23.0. The third kappa shape index (κ3) is 5.53. The Kier molecular flexibility index (Phi) is 5.21. The molecule has 0 aliphatic rings. The maximum Gasteiger partial charge on any atom is 0.252 e. The zero-order valence-electron chi connectivity index (χ0n) is 13.4. The summed E-state index contributed by atoms with van der Waals surface area (Å²) >= 11 is 5.38. The van der Waals surface area contributed by atoms with Crippen molar-refractivity contribution in [3.63, 3.8) is 0 Å². The molecule has 0 aliphatic heterocycles. The number of halogens is 1. The molecule has 0 unspecified atom stereocenters. The van der Waals surface area contributed by atoms with E-state index in [0.29, 0.717) is 11.4 Å². The van der Waals surface area contributed by atoms with Crippen LogP contribution in [0.2, 0.25) is 0 Å². The van der Waals surface area contributed by atoms with Crippen molar-refractivity contribution in [1.29, 1.82) is 0 Å². The Morgan fingerprint density at radius 1 is 1.22 bits per heavy atom. The van der Waals surface area contributed by atoms with E-state index in [1.165, 1.54) is 0 Å². The van der Waals surface area contributed by atoms with E-state index in [1.807, 2.05) is 0 Å². The zero-order chi connectivity index (χ0) is 17.0. The quantitative estimate of drug-likeness (QED) is 0.843. The number of carbonyl (C=O) groups excluding carboxylic acids is 2. The average Bonchev–Trinajstić information content (AvgIpc) is 2.84. The van der Waals surface area contributed by atoms with Gasteiger partial charge in [-0.2, -0.15) is 0 Å². The van der Waals surface area contributed by atoms with E-state index in [9.17, 15) is 9.59 Å². The third-order valence-electron chi connectivity index (χ3n) is 3.08. The van der Waals surface area contributed by atoms with Gasteiger partial charge >= 0.3 is 0 Å². The molecule has 2 aromatic rings. The van der Waals surface area contributed by atoms with Crippen molar-refractivity contribution in [2.45, 2.75) is 33.6 Å². The first-order valence-corrected chi connectivity index (χ1v) is 7.65. The number of benzene rings is 1. The molecule has 0 spiro atoms. The second-order valence-electron chi connectivity index (χ2n) is 6.62. The molecule has 23 heavy (non-hydrogen) atoms. The Morgan fingerprint density at radius 3 is 2.43 bits per heavy atom. The molecule has 122 valence electrons. The highest BCUT2D eigenvalue weighted by Crippen LogP contribution is 2.21. The molecule has 0 radical (unpaired) electrons. The molecule has 1 aromatic carbocycles. The summed E-state index contributed by atoms with van der Waals surface area (Å²) in [5, 5.41) is 6.10. The summed E-state index contributed by atoms with van der Waals surface area (Å²) in [6.07, 6.45) is 0.937. The van der Waals surface area contributed by atoms with Gasteiger partial charge in [-0.15, -0.1) is 0 Å². The van der Waals surface area contributed by atoms with E-state index < -0.39 is 5.24 Å². The Bertz CT molecular complexity index is 699. The Balaban J connectivity index is 1.93. The van der Waals surface area contributed by atoms with Gasteiger partial charge in [-0.25, -0.2) is 0 Å². The van der Waals surface area contributed by atoms with Crippen LogP contribution in [0.3, 0.4) is 0 Å². The standard InChI is InChI=1S/C17H19ClN2O3/c1-17(2,3)10-13-9-15(23-20-13)19-14(21)8-11-4-6-12(7-5-11)16(18)22/h4-7,9H,8,10H2,1-3H3,(H,19,21). The van der Waals surface area contributed by atoms with E-state index in [2.05, 4.69) is 31.2 Å². The van der Waals surface area contributed by atoms with Crippen LogP contribution in [0.5, 0.6) is 0 Å². The summed E-state index contributed by atoms with van der Waals surface area (Å²) in [5.74, 6) is 0.121. The van der Waals surface area contributed by atoms with Crippen molar-refractivity contribution in [2.75, 3.05) is 5.32 Å². The molecular formula is C17H19ClN2O3. The fourth-order valence-corrected chi connectivity index (χ4v) is 2.24. The Labute approximate surface area is 140 Å². The first-order valence-electron chi connectivity index (χ1n) is 7.27. The summed E-state index contributed by atoms with van der Waals surface area (Å²) in [6, 6.07) is 8.31. The number of carbonyl (C=O) groups is 2. The molecule has 0 bridgehead atoms. The molecule has 1 amide bonds. The van der Waals surface area contributed by atoms with Gasteiger partial charge in [0, 0.05) is 11.6 Å². The minimum atomic E-state index is -0.519. The highest BCUT2D eigenvalue weighted by Gasteiger charge is 2.16. The average molecular weight is 335 g/mol. The van der Waals surface area contributed by atoms with Crippen LogP contribution in [0.4, 0.5) is 5.88 Å². The lowest BCUT2D eigenvalue weighted by atomic mass is 9.91.